The van der Waals surface area contributed by atoms with Crippen molar-refractivity contribution in [2.45, 2.75) is 31.8 Å². The Balaban J connectivity index is 1.40. The minimum absolute atomic E-state index is 0.190. The van der Waals surface area contributed by atoms with Crippen LogP contribution in [0.3, 0.4) is 0 Å². The second-order valence-corrected chi connectivity index (χ2v) is 5.65. The maximum atomic E-state index is 11.8. The summed E-state index contributed by atoms with van der Waals surface area (Å²) in [4.78, 5) is 19.7. The standard InChI is InChI=1S/C18H21N3O2/c22-18(16-13-19-10-11-20-16)21-9-4-12-23-17-8-3-6-14-5-1-2-7-15(14)17/h1-2,5,7,10-11,13,17H,3-4,6,8-9,12H2,(H,21,22). The van der Waals surface area contributed by atoms with E-state index in [2.05, 4.69) is 39.6 Å². The van der Waals surface area contributed by atoms with E-state index in [9.17, 15) is 4.79 Å². The van der Waals surface area contributed by atoms with Gasteiger partial charge in [0.05, 0.1) is 12.3 Å². The van der Waals surface area contributed by atoms with Crippen LogP contribution in [-0.2, 0) is 11.2 Å². The van der Waals surface area contributed by atoms with Crippen LogP contribution in [0.1, 0.15) is 47.0 Å². The molecule has 1 N–H and O–H groups in total. The molecule has 23 heavy (non-hydrogen) atoms. The SMILES string of the molecule is O=C(NCCCOC1CCCc2ccccc21)c1cnccn1. The maximum Gasteiger partial charge on any atom is 0.271 e. The summed E-state index contributed by atoms with van der Waals surface area (Å²) in [7, 11) is 0. The van der Waals surface area contributed by atoms with Crippen LogP contribution in [0.5, 0.6) is 0 Å². The number of aryl methyl sites for hydroxylation is 1. The van der Waals surface area contributed by atoms with Gasteiger partial charge in [-0.3, -0.25) is 9.78 Å². The number of amides is 1. The summed E-state index contributed by atoms with van der Waals surface area (Å²) in [6.45, 7) is 1.21. The lowest BCUT2D eigenvalue weighted by molar-refractivity contribution is 0.0393. The summed E-state index contributed by atoms with van der Waals surface area (Å²) >= 11 is 0. The summed E-state index contributed by atoms with van der Waals surface area (Å²) in [5, 5.41) is 2.83. The average molecular weight is 311 g/mol. The minimum Gasteiger partial charge on any atom is -0.373 e. The Kier molecular flexibility index (Phi) is 5.32. The summed E-state index contributed by atoms with van der Waals surface area (Å²) in [6, 6.07) is 8.51. The van der Waals surface area contributed by atoms with Gasteiger partial charge in [0.15, 0.2) is 0 Å². The molecule has 1 heterocycles. The smallest absolute Gasteiger partial charge is 0.271 e. The van der Waals surface area contributed by atoms with E-state index in [1.54, 1.807) is 6.20 Å². The highest BCUT2D eigenvalue weighted by Crippen LogP contribution is 2.32. The molecule has 0 aliphatic heterocycles. The van der Waals surface area contributed by atoms with Gasteiger partial charge in [0.25, 0.3) is 5.91 Å². The molecule has 1 amide bonds. The molecule has 2 aromatic rings. The molecule has 0 saturated heterocycles. The Morgan fingerprint density at radius 2 is 2.22 bits per heavy atom. The quantitative estimate of drug-likeness (QED) is 0.833. The summed E-state index contributed by atoms with van der Waals surface area (Å²) in [5.74, 6) is -0.193. The highest BCUT2D eigenvalue weighted by Gasteiger charge is 2.19. The first-order valence-corrected chi connectivity index (χ1v) is 8.08. The maximum absolute atomic E-state index is 11.8. The second kappa shape index (κ2) is 7.83. The third-order valence-corrected chi connectivity index (χ3v) is 4.04. The molecule has 1 aromatic carbocycles. The highest BCUT2D eigenvalue weighted by atomic mass is 16.5. The fourth-order valence-electron chi connectivity index (χ4n) is 2.89. The number of hydrogen-bond donors (Lipinski definition) is 1. The van der Waals surface area contributed by atoms with Gasteiger partial charge in [-0.15, -0.1) is 0 Å². The van der Waals surface area contributed by atoms with Crippen molar-refractivity contribution in [3.8, 4) is 0 Å². The van der Waals surface area contributed by atoms with Crippen molar-refractivity contribution in [2.24, 2.45) is 0 Å². The Bertz CT molecular complexity index is 646. The molecule has 3 rings (SSSR count). The number of aromatic nitrogens is 2. The lowest BCUT2D eigenvalue weighted by Gasteiger charge is -2.25. The van der Waals surface area contributed by atoms with Crippen molar-refractivity contribution in [2.75, 3.05) is 13.2 Å². The van der Waals surface area contributed by atoms with E-state index in [0.717, 1.165) is 19.3 Å². The topological polar surface area (TPSA) is 64.1 Å². The van der Waals surface area contributed by atoms with Gasteiger partial charge in [0, 0.05) is 25.5 Å². The van der Waals surface area contributed by atoms with E-state index >= 15 is 0 Å². The van der Waals surface area contributed by atoms with Crippen LogP contribution in [0.25, 0.3) is 0 Å². The molecular weight excluding hydrogens is 290 g/mol. The fourth-order valence-corrected chi connectivity index (χ4v) is 2.89. The molecule has 120 valence electrons. The number of rotatable bonds is 6. The number of benzene rings is 1. The zero-order valence-electron chi connectivity index (χ0n) is 13.1. The van der Waals surface area contributed by atoms with Crippen LogP contribution in [0.2, 0.25) is 0 Å². The molecule has 0 radical (unpaired) electrons. The van der Waals surface area contributed by atoms with Gasteiger partial charge in [-0.25, -0.2) is 4.98 Å². The van der Waals surface area contributed by atoms with Crippen molar-refractivity contribution in [3.05, 3.63) is 59.7 Å². The lowest BCUT2D eigenvalue weighted by atomic mass is 9.89. The van der Waals surface area contributed by atoms with Crippen molar-refractivity contribution < 1.29 is 9.53 Å². The first-order chi connectivity index (χ1) is 11.3. The highest BCUT2D eigenvalue weighted by molar-refractivity contribution is 5.91. The molecule has 0 bridgehead atoms. The molecule has 1 aromatic heterocycles. The van der Waals surface area contributed by atoms with Gasteiger partial charge in [-0.1, -0.05) is 24.3 Å². The Labute approximate surface area is 136 Å². The number of fused-ring (bicyclic) bond motifs is 1. The fraction of sp³-hybridized carbons (Fsp3) is 0.389. The van der Waals surface area contributed by atoms with Crippen LogP contribution < -0.4 is 5.32 Å². The first-order valence-electron chi connectivity index (χ1n) is 8.08. The summed E-state index contributed by atoms with van der Waals surface area (Å²) in [5.41, 5.74) is 3.07. The zero-order valence-corrected chi connectivity index (χ0v) is 13.1. The van der Waals surface area contributed by atoms with E-state index in [4.69, 9.17) is 4.74 Å². The van der Waals surface area contributed by atoms with E-state index in [-0.39, 0.29) is 12.0 Å². The molecule has 5 heteroatoms. The molecule has 1 aliphatic rings. The predicted octanol–water partition coefficient (Wildman–Crippen LogP) is 2.69. The van der Waals surface area contributed by atoms with Gasteiger partial charge < -0.3 is 10.1 Å². The average Bonchev–Trinajstić information content (AvgIpc) is 2.62. The largest absolute Gasteiger partial charge is 0.373 e. The first kappa shape index (κ1) is 15.6. The van der Waals surface area contributed by atoms with Crippen LogP contribution in [0.4, 0.5) is 0 Å². The van der Waals surface area contributed by atoms with Crippen LogP contribution in [-0.4, -0.2) is 29.0 Å². The van der Waals surface area contributed by atoms with Gasteiger partial charge in [0.2, 0.25) is 0 Å². The van der Waals surface area contributed by atoms with Gasteiger partial charge in [-0.05, 0) is 36.8 Å². The van der Waals surface area contributed by atoms with E-state index in [1.165, 1.54) is 29.9 Å². The summed E-state index contributed by atoms with van der Waals surface area (Å²) < 4.78 is 6.02. The van der Waals surface area contributed by atoms with E-state index < -0.39 is 0 Å². The molecule has 1 aliphatic carbocycles. The zero-order chi connectivity index (χ0) is 15.9. The van der Waals surface area contributed by atoms with Gasteiger partial charge >= 0.3 is 0 Å². The summed E-state index contributed by atoms with van der Waals surface area (Å²) in [6.07, 6.45) is 8.88. The van der Waals surface area contributed by atoms with E-state index in [1.807, 2.05) is 0 Å². The number of nitrogens with one attached hydrogen (secondary N) is 1. The lowest BCUT2D eigenvalue weighted by Crippen LogP contribution is -2.26. The van der Waals surface area contributed by atoms with Gasteiger partial charge in [0.1, 0.15) is 5.69 Å². The van der Waals surface area contributed by atoms with Crippen molar-refractivity contribution in [1.29, 1.82) is 0 Å². The third kappa shape index (κ3) is 4.13. The van der Waals surface area contributed by atoms with E-state index in [0.29, 0.717) is 18.8 Å². The van der Waals surface area contributed by atoms with Gasteiger partial charge in [-0.2, -0.15) is 0 Å². The number of carbonyl (C=O) groups is 1. The molecule has 0 spiro atoms. The predicted molar refractivity (Wildman–Crippen MR) is 87.1 cm³/mol. The number of ether oxygens (including phenoxy) is 1. The van der Waals surface area contributed by atoms with Crippen molar-refractivity contribution in [3.63, 3.8) is 0 Å². The molecule has 5 nitrogen and oxygen atoms in total. The number of hydrogen-bond acceptors (Lipinski definition) is 4. The van der Waals surface area contributed by atoms with Crippen LogP contribution >= 0.6 is 0 Å². The molecule has 1 unspecified atom stereocenters. The monoisotopic (exact) mass is 311 g/mol. The van der Waals surface area contributed by atoms with Crippen molar-refractivity contribution >= 4 is 5.91 Å². The second-order valence-electron chi connectivity index (χ2n) is 5.65. The molecular formula is C18H21N3O2. The number of nitrogens with zero attached hydrogens (tertiary/aromatic N) is 2. The minimum atomic E-state index is -0.193. The Morgan fingerprint density at radius 3 is 3.09 bits per heavy atom. The van der Waals surface area contributed by atoms with Crippen molar-refractivity contribution in [1.82, 2.24) is 15.3 Å². The molecule has 1 atom stereocenters. The third-order valence-electron chi connectivity index (χ3n) is 4.04. The Morgan fingerprint density at radius 1 is 1.30 bits per heavy atom. The normalized spacial score (nSPS) is 16.6. The number of carbonyl (C=O) groups excluding carboxylic acids is 1. The van der Waals surface area contributed by atoms with Crippen LogP contribution in [0, 0.1) is 0 Å². The van der Waals surface area contributed by atoms with Crippen LogP contribution in [0.15, 0.2) is 42.9 Å². The molecule has 0 fully saturated rings. The molecule has 0 saturated carbocycles. The Hall–Kier alpha value is -2.27.